The van der Waals surface area contributed by atoms with Gasteiger partial charge in [-0.25, -0.2) is 0 Å². The number of alkyl halides is 3. The van der Waals surface area contributed by atoms with Crippen LogP contribution < -0.4 is 0 Å². The molecule has 1 aliphatic carbocycles. The molecular formula is C12H16F3NO. The van der Waals surface area contributed by atoms with Gasteiger partial charge in [0, 0.05) is 20.2 Å². The van der Waals surface area contributed by atoms with Gasteiger partial charge in [0.1, 0.15) is 0 Å². The Labute approximate surface area is 98.7 Å². The van der Waals surface area contributed by atoms with Crippen molar-refractivity contribution in [1.29, 1.82) is 0 Å². The summed E-state index contributed by atoms with van der Waals surface area (Å²) in [5.74, 6) is 0.419. The van der Waals surface area contributed by atoms with Gasteiger partial charge in [0.25, 0.3) is 0 Å². The van der Waals surface area contributed by atoms with E-state index in [9.17, 15) is 13.2 Å². The number of methoxy groups -OCH3 is 1. The molecule has 17 heavy (non-hydrogen) atoms. The number of rotatable bonds is 2. The van der Waals surface area contributed by atoms with E-state index in [-0.39, 0.29) is 0 Å². The average molecular weight is 247 g/mol. The second-order valence-corrected chi connectivity index (χ2v) is 4.49. The standard InChI is InChI=1S/C12H16F3NO/c1-17-11(12(13,14)15)16-7-6-9-4-2-3-5-10(9)8-16/h2-3,5,9,11H,4,6-8H2,1H3. The minimum atomic E-state index is -4.33. The summed E-state index contributed by atoms with van der Waals surface area (Å²) in [4.78, 5) is 1.36. The van der Waals surface area contributed by atoms with Gasteiger partial charge in [-0.2, -0.15) is 13.2 Å². The summed E-state index contributed by atoms with van der Waals surface area (Å²) in [6.07, 6.45) is 1.53. The number of nitrogens with zero attached hydrogens (tertiary/aromatic N) is 1. The number of hydrogen-bond acceptors (Lipinski definition) is 2. The highest BCUT2D eigenvalue weighted by atomic mass is 19.4. The minimum absolute atomic E-state index is 0.354. The lowest BCUT2D eigenvalue weighted by molar-refractivity contribution is -0.259. The largest absolute Gasteiger partial charge is 0.428 e. The van der Waals surface area contributed by atoms with Crippen LogP contribution in [0.5, 0.6) is 0 Å². The fourth-order valence-electron chi connectivity index (χ4n) is 2.53. The summed E-state index contributed by atoms with van der Waals surface area (Å²) in [5, 5.41) is 0. The molecule has 0 bridgehead atoms. The van der Waals surface area contributed by atoms with Crippen LogP contribution >= 0.6 is 0 Å². The minimum Gasteiger partial charge on any atom is -0.357 e. The number of hydrogen-bond donors (Lipinski definition) is 0. The highest BCUT2D eigenvalue weighted by Crippen LogP contribution is 2.33. The Kier molecular flexibility index (Phi) is 3.58. The molecule has 0 aromatic carbocycles. The van der Waals surface area contributed by atoms with Gasteiger partial charge in [-0.05, 0) is 18.8 Å². The maximum absolute atomic E-state index is 12.7. The lowest BCUT2D eigenvalue weighted by Gasteiger charge is -2.39. The van der Waals surface area contributed by atoms with E-state index in [0.29, 0.717) is 19.0 Å². The van der Waals surface area contributed by atoms with Crippen molar-refractivity contribution >= 4 is 0 Å². The van der Waals surface area contributed by atoms with Crippen LogP contribution in [0.3, 0.4) is 0 Å². The fourth-order valence-corrected chi connectivity index (χ4v) is 2.53. The quantitative estimate of drug-likeness (QED) is 0.744. The molecule has 2 nitrogen and oxygen atoms in total. The van der Waals surface area contributed by atoms with Crippen molar-refractivity contribution < 1.29 is 17.9 Å². The third-order valence-corrected chi connectivity index (χ3v) is 3.38. The Morgan fingerprint density at radius 1 is 1.47 bits per heavy atom. The first-order chi connectivity index (χ1) is 8.02. The Morgan fingerprint density at radius 2 is 2.24 bits per heavy atom. The zero-order chi connectivity index (χ0) is 12.5. The molecule has 0 amide bonds. The zero-order valence-electron chi connectivity index (χ0n) is 9.70. The number of likely N-dealkylation sites (tertiary alicyclic amines) is 1. The van der Waals surface area contributed by atoms with Crippen LogP contribution in [0.4, 0.5) is 13.2 Å². The molecule has 5 heteroatoms. The van der Waals surface area contributed by atoms with Gasteiger partial charge in [-0.15, -0.1) is 0 Å². The van der Waals surface area contributed by atoms with Gasteiger partial charge in [0.2, 0.25) is 6.23 Å². The van der Waals surface area contributed by atoms with E-state index in [2.05, 4.69) is 10.8 Å². The van der Waals surface area contributed by atoms with E-state index in [1.54, 1.807) is 0 Å². The number of piperidine rings is 1. The second-order valence-electron chi connectivity index (χ2n) is 4.49. The molecule has 2 atom stereocenters. The average Bonchev–Trinajstić information content (AvgIpc) is 2.28. The van der Waals surface area contributed by atoms with Crippen LogP contribution in [0.15, 0.2) is 23.8 Å². The van der Waals surface area contributed by atoms with E-state index >= 15 is 0 Å². The highest BCUT2D eigenvalue weighted by Gasteiger charge is 2.45. The smallest absolute Gasteiger partial charge is 0.357 e. The van der Waals surface area contributed by atoms with Crippen LogP contribution in [0, 0.1) is 5.92 Å². The zero-order valence-corrected chi connectivity index (χ0v) is 9.70. The maximum Gasteiger partial charge on any atom is 0.428 e. The lowest BCUT2D eigenvalue weighted by Crippen LogP contribution is -2.50. The van der Waals surface area contributed by atoms with Crippen molar-refractivity contribution in [3.63, 3.8) is 0 Å². The SMILES string of the molecule is COC(N1CCC2CC=CC=C2C1)C(F)(F)F. The normalized spacial score (nSPS) is 27.5. The number of halogens is 3. The van der Waals surface area contributed by atoms with Crippen molar-refractivity contribution in [3.8, 4) is 0 Å². The summed E-state index contributed by atoms with van der Waals surface area (Å²) in [7, 11) is 1.11. The molecule has 0 aromatic heterocycles. The molecule has 0 radical (unpaired) electrons. The van der Waals surface area contributed by atoms with Crippen molar-refractivity contribution in [2.24, 2.45) is 5.92 Å². The summed E-state index contributed by atoms with van der Waals surface area (Å²) >= 11 is 0. The third-order valence-electron chi connectivity index (χ3n) is 3.38. The summed E-state index contributed by atoms with van der Waals surface area (Å²) in [5.41, 5.74) is 1.09. The molecule has 2 aliphatic rings. The first-order valence-corrected chi connectivity index (χ1v) is 5.71. The topological polar surface area (TPSA) is 12.5 Å². The predicted octanol–water partition coefficient (Wildman–Crippen LogP) is 2.73. The van der Waals surface area contributed by atoms with Crippen molar-refractivity contribution in [2.45, 2.75) is 25.2 Å². The Bertz CT molecular complexity index is 335. The van der Waals surface area contributed by atoms with Crippen LogP contribution in [-0.2, 0) is 4.74 Å². The molecule has 2 rings (SSSR count). The molecule has 1 saturated heterocycles. The highest BCUT2D eigenvalue weighted by molar-refractivity contribution is 5.23. The lowest BCUT2D eigenvalue weighted by atomic mass is 9.85. The summed E-state index contributed by atoms with van der Waals surface area (Å²) in [6.45, 7) is 0.793. The van der Waals surface area contributed by atoms with Crippen molar-refractivity contribution in [3.05, 3.63) is 23.8 Å². The van der Waals surface area contributed by atoms with Crippen LogP contribution in [0.2, 0.25) is 0 Å². The molecular weight excluding hydrogens is 231 g/mol. The Hall–Kier alpha value is -0.810. The molecule has 0 spiro atoms. The third kappa shape index (κ3) is 2.72. The van der Waals surface area contributed by atoms with Crippen molar-refractivity contribution in [1.82, 2.24) is 4.90 Å². The number of fused-ring (bicyclic) bond motifs is 1. The molecule has 1 aliphatic heterocycles. The van der Waals surface area contributed by atoms with Gasteiger partial charge in [-0.3, -0.25) is 4.90 Å². The monoisotopic (exact) mass is 247 g/mol. The van der Waals surface area contributed by atoms with Gasteiger partial charge in [0.15, 0.2) is 0 Å². The molecule has 0 saturated carbocycles. The number of ether oxygens (including phenoxy) is 1. The van der Waals surface area contributed by atoms with Crippen LogP contribution in [0.1, 0.15) is 12.8 Å². The van der Waals surface area contributed by atoms with Crippen LogP contribution in [-0.4, -0.2) is 37.5 Å². The van der Waals surface area contributed by atoms with E-state index in [4.69, 9.17) is 0 Å². The number of allylic oxidation sites excluding steroid dienone is 3. The van der Waals surface area contributed by atoms with Gasteiger partial charge in [0.05, 0.1) is 0 Å². The van der Waals surface area contributed by atoms with E-state index in [1.807, 2.05) is 12.2 Å². The maximum atomic E-state index is 12.7. The fraction of sp³-hybridized carbons (Fsp3) is 0.667. The molecule has 96 valence electrons. The molecule has 2 unspecified atom stereocenters. The van der Waals surface area contributed by atoms with Gasteiger partial charge in [-0.1, -0.05) is 23.8 Å². The Balaban J connectivity index is 2.08. The van der Waals surface area contributed by atoms with Gasteiger partial charge >= 0.3 is 6.18 Å². The summed E-state index contributed by atoms with van der Waals surface area (Å²) < 4.78 is 42.8. The molecule has 1 fully saturated rings. The van der Waals surface area contributed by atoms with E-state index in [1.165, 1.54) is 4.90 Å². The first kappa shape index (κ1) is 12.6. The molecule has 1 heterocycles. The first-order valence-electron chi connectivity index (χ1n) is 5.71. The molecule has 0 aromatic rings. The second kappa shape index (κ2) is 4.82. The van der Waals surface area contributed by atoms with Crippen molar-refractivity contribution in [2.75, 3.05) is 20.2 Å². The Morgan fingerprint density at radius 3 is 2.88 bits per heavy atom. The van der Waals surface area contributed by atoms with Gasteiger partial charge < -0.3 is 4.74 Å². The van der Waals surface area contributed by atoms with E-state index in [0.717, 1.165) is 25.5 Å². The predicted molar refractivity (Wildman–Crippen MR) is 58.4 cm³/mol. The van der Waals surface area contributed by atoms with Crippen LogP contribution in [0.25, 0.3) is 0 Å². The molecule has 0 N–H and O–H groups in total. The summed E-state index contributed by atoms with van der Waals surface area (Å²) in [6, 6.07) is 0. The van der Waals surface area contributed by atoms with E-state index < -0.39 is 12.4 Å².